The van der Waals surface area contributed by atoms with Crippen LogP contribution >= 0.6 is 15.9 Å². The number of amides is 1. The van der Waals surface area contributed by atoms with Crippen LogP contribution < -0.4 is 5.32 Å². The van der Waals surface area contributed by atoms with Crippen LogP contribution in [0.25, 0.3) is 0 Å². The van der Waals surface area contributed by atoms with Gasteiger partial charge in [-0.1, -0.05) is 15.9 Å². The molecule has 5 heteroatoms. The molecule has 0 aromatic rings. The highest BCUT2D eigenvalue weighted by molar-refractivity contribution is 9.10. The lowest BCUT2D eigenvalue weighted by Crippen LogP contribution is -2.53. The van der Waals surface area contributed by atoms with Crippen LogP contribution in [0.1, 0.15) is 58.8 Å². The highest BCUT2D eigenvalue weighted by Gasteiger charge is 2.57. The Hall–Kier alpha value is -0.580. The first-order valence-corrected chi connectivity index (χ1v) is 9.28. The largest absolute Gasteiger partial charge is 0.453 e. The Labute approximate surface area is 140 Å². The fourth-order valence-corrected chi connectivity index (χ4v) is 6.97. The molecule has 4 saturated carbocycles. The predicted octanol–water partition coefficient (Wildman–Crippen LogP) is 3.18. The van der Waals surface area contributed by atoms with Gasteiger partial charge in [0.05, 0.1) is 6.42 Å². The smallest absolute Gasteiger partial charge is 0.307 e. The molecule has 0 heterocycles. The summed E-state index contributed by atoms with van der Waals surface area (Å²) in [6.45, 7) is 4.06. The van der Waals surface area contributed by atoms with Crippen LogP contribution in [0.4, 0.5) is 0 Å². The van der Waals surface area contributed by atoms with Crippen LogP contribution in [-0.4, -0.2) is 28.8 Å². The molecule has 4 aliphatic rings. The third kappa shape index (κ3) is 3.19. The molecule has 4 fully saturated rings. The van der Waals surface area contributed by atoms with Crippen molar-refractivity contribution in [2.45, 2.75) is 69.2 Å². The average Bonchev–Trinajstić information content (AvgIpc) is 2.34. The molecule has 5 atom stereocenters. The first-order chi connectivity index (χ1) is 10.3. The Morgan fingerprint density at radius 2 is 1.91 bits per heavy atom. The molecule has 1 amide bonds. The summed E-state index contributed by atoms with van der Waals surface area (Å²) < 4.78 is 5.62. The molecule has 0 aromatic carbocycles. The van der Waals surface area contributed by atoms with Crippen LogP contribution in [0.3, 0.4) is 0 Å². The molecule has 124 valence electrons. The molecule has 0 aliphatic heterocycles. The number of carbonyl (C=O) groups excluding carboxylic acids is 2. The van der Waals surface area contributed by atoms with Crippen LogP contribution in [0.2, 0.25) is 0 Å². The number of rotatable bonds is 5. The molecule has 1 N–H and O–H groups in total. The zero-order valence-corrected chi connectivity index (χ0v) is 15.1. The number of halogens is 1. The molecular weight excluding hydrogens is 346 g/mol. The molecular formula is C17H26BrNO3. The van der Waals surface area contributed by atoms with Gasteiger partial charge in [-0.05, 0) is 69.6 Å². The van der Waals surface area contributed by atoms with E-state index in [4.69, 9.17) is 4.74 Å². The summed E-state index contributed by atoms with van der Waals surface area (Å²) in [6, 6.07) is 0. The molecule has 0 aromatic heterocycles. The van der Waals surface area contributed by atoms with E-state index in [1.54, 1.807) is 6.92 Å². The minimum absolute atomic E-state index is 0.103. The van der Waals surface area contributed by atoms with E-state index in [-0.39, 0.29) is 21.6 Å². The van der Waals surface area contributed by atoms with Gasteiger partial charge in [-0.2, -0.15) is 0 Å². The highest BCUT2D eigenvalue weighted by atomic mass is 79.9. The topological polar surface area (TPSA) is 55.4 Å². The summed E-state index contributed by atoms with van der Waals surface area (Å²) in [5.41, 5.74) is 0.103. The van der Waals surface area contributed by atoms with Crippen molar-refractivity contribution < 1.29 is 14.3 Å². The van der Waals surface area contributed by atoms with Crippen molar-refractivity contribution >= 4 is 27.8 Å². The summed E-state index contributed by atoms with van der Waals surface area (Å²) in [7, 11) is 0. The Morgan fingerprint density at radius 1 is 1.27 bits per heavy atom. The summed E-state index contributed by atoms with van der Waals surface area (Å²) in [5.74, 6) is 1.10. The third-order valence-electron chi connectivity index (χ3n) is 5.66. The minimum Gasteiger partial charge on any atom is -0.453 e. The SMILES string of the molecule is CCNC(=O)[C@@H](C)OC(=O)CC12C[C@@H]3C[C@@H](CC(Br)(C3)C1)C2. The van der Waals surface area contributed by atoms with Gasteiger partial charge >= 0.3 is 5.97 Å². The monoisotopic (exact) mass is 371 g/mol. The molecule has 22 heavy (non-hydrogen) atoms. The summed E-state index contributed by atoms with van der Waals surface area (Å²) in [4.78, 5) is 24.0. The number of carbonyl (C=O) groups is 2. The molecule has 4 nitrogen and oxygen atoms in total. The van der Waals surface area contributed by atoms with Crippen molar-refractivity contribution in [1.29, 1.82) is 0 Å². The van der Waals surface area contributed by atoms with Gasteiger partial charge < -0.3 is 10.1 Å². The van der Waals surface area contributed by atoms with Crippen molar-refractivity contribution in [1.82, 2.24) is 5.32 Å². The van der Waals surface area contributed by atoms with Crippen LogP contribution in [0.5, 0.6) is 0 Å². The Kier molecular flexibility index (Phi) is 4.30. The van der Waals surface area contributed by atoms with E-state index in [9.17, 15) is 9.59 Å². The lowest BCUT2D eigenvalue weighted by atomic mass is 9.49. The Bertz CT molecular complexity index is 465. The van der Waals surface area contributed by atoms with E-state index < -0.39 is 6.10 Å². The van der Waals surface area contributed by atoms with Crippen LogP contribution in [0, 0.1) is 17.3 Å². The third-order valence-corrected chi connectivity index (χ3v) is 6.59. The maximum atomic E-state index is 12.3. The molecule has 4 aliphatic carbocycles. The number of hydrogen-bond acceptors (Lipinski definition) is 3. The Morgan fingerprint density at radius 3 is 2.45 bits per heavy atom. The lowest BCUT2D eigenvalue weighted by Gasteiger charge is -2.60. The fourth-order valence-electron chi connectivity index (χ4n) is 5.46. The molecule has 2 unspecified atom stereocenters. The van der Waals surface area contributed by atoms with Crippen molar-refractivity contribution in [2.75, 3.05) is 6.54 Å². The van der Waals surface area contributed by atoms with E-state index in [1.807, 2.05) is 6.92 Å². The minimum atomic E-state index is -0.695. The first kappa shape index (κ1) is 16.3. The number of nitrogens with one attached hydrogen (secondary N) is 1. The van der Waals surface area contributed by atoms with Gasteiger partial charge in [-0.3, -0.25) is 9.59 Å². The van der Waals surface area contributed by atoms with Gasteiger partial charge in [0.15, 0.2) is 6.10 Å². The molecule has 0 radical (unpaired) electrons. The maximum absolute atomic E-state index is 12.3. The second kappa shape index (κ2) is 5.81. The quantitative estimate of drug-likeness (QED) is 0.596. The van der Waals surface area contributed by atoms with Crippen molar-refractivity contribution in [3.63, 3.8) is 0 Å². The number of ether oxygens (including phenoxy) is 1. The van der Waals surface area contributed by atoms with E-state index in [2.05, 4.69) is 21.2 Å². The van der Waals surface area contributed by atoms with E-state index in [1.165, 1.54) is 19.3 Å². The van der Waals surface area contributed by atoms with Crippen molar-refractivity contribution in [3.8, 4) is 0 Å². The van der Waals surface area contributed by atoms with Gasteiger partial charge in [-0.15, -0.1) is 0 Å². The predicted molar refractivity (Wildman–Crippen MR) is 87.6 cm³/mol. The van der Waals surface area contributed by atoms with Gasteiger partial charge in [0.1, 0.15) is 0 Å². The summed E-state index contributed by atoms with van der Waals surface area (Å²) >= 11 is 3.96. The van der Waals surface area contributed by atoms with Crippen LogP contribution in [0.15, 0.2) is 0 Å². The van der Waals surface area contributed by atoms with Gasteiger partial charge in [-0.25, -0.2) is 0 Å². The van der Waals surface area contributed by atoms with E-state index in [0.717, 1.165) is 31.1 Å². The van der Waals surface area contributed by atoms with Crippen LogP contribution in [-0.2, 0) is 14.3 Å². The normalized spacial score (nSPS) is 40.3. The number of hydrogen-bond donors (Lipinski definition) is 1. The lowest BCUT2D eigenvalue weighted by molar-refractivity contribution is -0.160. The molecule has 4 rings (SSSR count). The van der Waals surface area contributed by atoms with Crippen molar-refractivity contribution in [3.05, 3.63) is 0 Å². The van der Waals surface area contributed by atoms with Gasteiger partial charge in [0, 0.05) is 10.9 Å². The highest BCUT2D eigenvalue weighted by Crippen LogP contribution is 2.65. The summed E-state index contributed by atoms with van der Waals surface area (Å²) in [5, 5.41) is 2.69. The molecule has 0 saturated heterocycles. The maximum Gasteiger partial charge on any atom is 0.307 e. The number of likely N-dealkylation sites (N-methyl/N-ethyl adjacent to an activating group) is 1. The fraction of sp³-hybridized carbons (Fsp3) is 0.882. The average molecular weight is 372 g/mol. The standard InChI is InChI=1S/C17H26BrNO3/c1-3-19-15(21)11(2)22-14(20)9-16-5-12-4-13(6-16)8-17(18,7-12)10-16/h11-13H,3-10H2,1-2H3,(H,19,21)/t11-,12-,13+,16?,17?/m1/s1. The van der Waals surface area contributed by atoms with E-state index in [0.29, 0.717) is 13.0 Å². The summed E-state index contributed by atoms with van der Waals surface area (Å²) in [6.07, 6.45) is 7.02. The second-order valence-electron chi connectivity index (χ2n) is 7.82. The van der Waals surface area contributed by atoms with Gasteiger partial charge in [0.2, 0.25) is 0 Å². The first-order valence-electron chi connectivity index (χ1n) is 8.49. The molecule has 4 bridgehead atoms. The van der Waals surface area contributed by atoms with Crippen molar-refractivity contribution in [2.24, 2.45) is 17.3 Å². The zero-order chi connectivity index (χ0) is 16.0. The number of esters is 1. The number of alkyl halides is 1. The molecule has 0 spiro atoms. The second-order valence-corrected chi connectivity index (χ2v) is 9.50. The van der Waals surface area contributed by atoms with Gasteiger partial charge in [0.25, 0.3) is 5.91 Å². The Balaban J connectivity index is 1.61. The zero-order valence-electron chi connectivity index (χ0n) is 13.5. The van der Waals surface area contributed by atoms with E-state index >= 15 is 0 Å².